The molecule has 6 rings (SSSR count). The van der Waals surface area contributed by atoms with Gasteiger partial charge in [0, 0.05) is 60.2 Å². The van der Waals surface area contributed by atoms with E-state index < -0.39 is 0 Å². The lowest BCUT2D eigenvalue weighted by Crippen LogP contribution is -2.62. The molecule has 4 aromatic rings. The highest BCUT2D eigenvalue weighted by atomic mass is 35.5. The first-order chi connectivity index (χ1) is 17.0. The Kier molecular flexibility index (Phi) is 5.79. The molecule has 2 aliphatic rings. The Morgan fingerprint density at radius 1 is 1.09 bits per heavy atom. The van der Waals surface area contributed by atoms with Gasteiger partial charge in [0.1, 0.15) is 23.4 Å². The molecular formula is C26H26Cl2N6O. The van der Waals surface area contributed by atoms with Crippen LogP contribution in [0.25, 0.3) is 22.2 Å². The van der Waals surface area contributed by atoms with Crippen LogP contribution in [0.15, 0.2) is 48.9 Å². The SMILES string of the molecule is C[C@@H](Oc1ccc2[nH]nc(-c3ccc(N4CC5(CCCNC5)C4)nc3)c2c1)c1c(Cl)cncc1Cl. The van der Waals surface area contributed by atoms with Crippen molar-refractivity contribution in [3.63, 3.8) is 0 Å². The van der Waals surface area contributed by atoms with E-state index in [0.717, 1.165) is 54.2 Å². The van der Waals surface area contributed by atoms with Crippen LogP contribution < -0.4 is 15.0 Å². The number of aromatic amines is 1. The number of rotatable bonds is 5. The molecule has 7 nitrogen and oxygen atoms in total. The summed E-state index contributed by atoms with van der Waals surface area (Å²) in [7, 11) is 0. The number of benzene rings is 1. The van der Waals surface area contributed by atoms with Crippen molar-refractivity contribution in [2.75, 3.05) is 31.1 Å². The topological polar surface area (TPSA) is 79.0 Å². The number of ether oxygens (including phenoxy) is 1. The molecule has 1 spiro atoms. The Bertz CT molecular complexity index is 1340. The molecule has 2 aliphatic heterocycles. The molecule has 2 fully saturated rings. The van der Waals surface area contributed by atoms with Crippen LogP contribution >= 0.6 is 23.2 Å². The predicted octanol–water partition coefficient (Wildman–Crippen LogP) is 5.66. The smallest absolute Gasteiger partial charge is 0.128 e. The summed E-state index contributed by atoms with van der Waals surface area (Å²) < 4.78 is 6.19. The average Bonchev–Trinajstić information content (AvgIpc) is 3.26. The van der Waals surface area contributed by atoms with E-state index in [1.54, 1.807) is 12.4 Å². The van der Waals surface area contributed by atoms with E-state index in [4.69, 9.17) is 32.9 Å². The average molecular weight is 509 g/mol. The van der Waals surface area contributed by atoms with Crippen molar-refractivity contribution in [3.8, 4) is 17.0 Å². The van der Waals surface area contributed by atoms with Gasteiger partial charge in [0.05, 0.1) is 15.6 Å². The summed E-state index contributed by atoms with van der Waals surface area (Å²) in [5, 5.41) is 13.1. The van der Waals surface area contributed by atoms with Gasteiger partial charge in [0.2, 0.25) is 0 Å². The second-order valence-electron chi connectivity index (χ2n) is 9.60. The summed E-state index contributed by atoms with van der Waals surface area (Å²) >= 11 is 12.6. The summed E-state index contributed by atoms with van der Waals surface area (Å²) in [6.45, 7) is 6.32. The molecule has 0 radical (unpaired) electrons. The molecule has 9 heteroatoms. The Morgan fingerprint density at radius 2 is 1.91 bits per heavy atom. The fourth-order valence-electron chi connectivity index (χ4n) is 5.30. The number of nitrogens with zero attached hydrogens (tertiary/aromatic N) is 4. The molecule has 2 saturated heterocycles. The maximum Gasteiger partial charge on any atom is 0.128 e. The summed E-state index contributed by atoms with van der Waals surface area (Å²) in [5.41, 5.74) is 3.87. The zero-order valence-electron chi connectivity index (χ0n) is 19.4. The molecule has 0 amide bonds. The minimum absolute atomic E-state index is 0.342. The van der Waals surface area contributed by atoms with Crippen LogP contribution in [0, 0.1) is 5.41 Å². The van der Waals surface area contributed by atoms with E-state index in [9.17, 15) is 0 Å². The molecular weight excluding hydrogens is 483 g/mol. The fraction of sp³-hybridized carbons (Fsp3) is 0.346. The Labute approximate surface area is 213 Å². The zero-order valence-corrected chi connectivity index (χ0v) is 20.9. The van der Waals surface area contributed by atoms with Gasteiger partial charge >= 0.3 is 0 Å². The molecule has 0 bridgehead atoms. The van der Waals surface area contributed by atoms with Crippen LogP contribution in [-0.4, -0.2) is 46.3 Å². The fourth-order valence-corrected chi connectivity index (χ4v) is 5.97. The van der Waals surface area contributed by atoms with Gasteiger partial charge < -0.3 is 15.0 Å². The van der Waals surface area contributed by atoms with Crippen LogP contribution in [0.4, 0.5) is 5.82 Å². The molecule has 180 valence electrons. The number of hydrogen-bond acceptors (Lipinski definition) is 6. The molecule has 0 saturated carbocycles. The Hall–Kier alpha value is -2.87. The van der Waals surface area contributed by atoms with Crippen LogP contribution in [0.5, 0.6) is 5.75 Å². The van der Waals surface area contributed by atoms with Crippen LogP contribution in [0.2, 0.25) is 10.0 Å². The number of fused-ring (bicyclic) bond motifs is 1. The molecule has 0 aliphatic carbocycles. The second-order valence-corrected chi connectivity index (χ2v) is 10.4. The van der Waals surface area contributed by atoms with Gasteiger partial charge in [-0.3, -0.25) is 10.1 Å². The highest BCUT2D eigenvalue weighted by molar-refractivity contribution is 6.35. The van der Waals surface area contributed by atoms with Crippen LogP contribution in [0.1, 0.15) is 31.4 Å². The Morgan fingerprint density at radius 3 is 2.63 bits per heavy atom. The molecule has 2 N–H and O–H groups in total. The van der Waals surface area contributed by atoms with Crippen molar-refractivity contribution >= 4 is 39.9 Å². The number of nitrogens with one attached hydrogen (secondary N) is 2. The maximum absolute atomic E-state index is 6.31. The van der Waals surface area contributed by atoms with Gasteiger partial charge in [-0.15, -0.1) is 0 Å². The number of hydrogen-bond donors (Lipinski definition) is 2. The van der Waals surface area contributed by atoms with Crippen molar-refractivity contribution < 1.29 is 4.74 Å². The third-order valence-corrected chi connectivity index (χ3v) is 7.70. The number of anilines is 1. The number of piperidine rings is 1. The second kappa shape index (κ2) is 8.97. The quantitative estimate of drug-likeness (QED) is 0.362. The first kappa shape index (κ1) is 22.6. The van der Waals surface area contributed by atoms with Gasteiger partial charge in [-0.05, 0) is 56.6 Å². The minimum atomic E-state index is -0.342. The van der Waals surface area contributed by atoms with Gasteiger partial charge in [-0.1, -0.05) is 23.2 Å². The standard InChI is InChI=1S/C26H26Cl2N6O/c1-16(24-20(27)11-30-12-21(24)28)35-18-4-5-22-19(9-18)25(33-32-22)17-3-6-23(31-10-17)34-14-26(15-34)7-2-8-29-13-26/h3-6,9-12,16,29H,2,7-8,13-15H2,1H3,(H,32,33)/t16-/m1/s1. The van der Waals surface area contributed by atoms with Crippen LogP contribution in [0.3, 0.4) is 0 Å². The normalized spacial score (nSPS) is 18.0. The number of H-pyrrole nitrogens is 1. The van der Waals surface area contributed by atoms with Crippen molar-refractivity contribution in [2.24, 2.45) is 5.41 Å². The molecule has 35 heavy (non-hydrogen) atoms. The molecule has 1 atom stereocenters. The summed E-state index contributed by atoms with van der Waals surface area (Å²) in [4.78, 5) is 11.1. The van der Waals surface area contributed by atoms with Gasteiger partial charge in [0.25, 0.3) is 0 Å². The van der Waals surface area contributed by atoms with E-state index in [-0.39, 0.29) is 6.10 Å². The molecule has 0 unspecified atom stereocenters. The minimum Gasteiger partial charge on any atom is -0.486 e. The predicted molar refractivity (Wildman–Crippen MR) is 139 cm³/mol. The number of halogens is 2. The molecule has 5 heterocycles. The van der Waals surface area contributed by atoms with E-state index in [2.05, 4.69) is 37.5 Å². The lowest BCUT2D eigenvalue weighted by Gasteiger charge is -2.53. The van der Waals surface area contributed by atoms with Gasteiger partial charge in [-0.25, -0.2) is 4.98 Å². The van der Waals surface area contributed by atoms with Gasteiger partial charge in [-0.2, -0.15) is 5.10 Å². The third kappa shape index (κ3) is 4.22. The monoisotopic (exact) mass is 508 g/mol. The highest BCUT2D eigenvalue weighted by Gasteiger charge is 2.43. The number of pyridine rings is 2. The van der Waals surface area contributed by atoms with Crippen molar-refractivity contribution in [2.45, 2.75) is 25.9 Å². The Balaban J connectivity index is 1.21. The maximum atomic E-state index is 6.31. The largest absolute Gasteiger partial charge is 0.486 e. The van der Waals surface area contributed by atoms with E-state index in [1.165, 1.54) is 12.8 Å². The summed E-state index contributed by atoms with van der Waals surface area (Å²) in [6.07, 6.45) is 7.27. The van der Waals surface area contributed by atoms with E-state index >= 15 is 0 Å². The highest BCUT2D eigenvalue weighted by Crippen LogP contribution is 2.39. The van der Waals surface area contributed by atoms with Crippen LogP contribution in [-0.2, 0) is 0 Å². The van der Waals surface area contributed by atoms with Crippen molar-refractivity contribution in [1.82, 2.24) is 25.5 Å². The van der Waals surface area contributed by atoms with E-state index in [1.807, 2.05) is 31.3 Å². The third-order valence-electron chi connectivity index (χ3n) is 7.10. The van der Waals surface area contributed by atoms with Crippen molar-refractivity contribution in [3.05, 3.63) is 64.5 Å². The summed E-state index contributed by atoms with van der Waals surface area (Å²) in [6, 6.07) is 10.0. The zero-order chi connectivity index (χ0) is 24.0. The first-order valence-electron chi connectivity index (χ1n) is 11.9. The lowest BCUT2D eigenvalue weighted by atomic mass is 9.74. The molecule has 1 aromatic carbocycles. The summed E-state index contributed by atoms with van der Waals surface area (Å²) in [5.74, 6) is 1.72. The van der Waals surface area contributed by atoms with E-state index in [0.29, 0.717) is 26.8 Å². The first-order valence-corrected chi connectivity index (χ1v) is 12.6. The lowest BCUT2D eigenvalue weighted by molar-refractivity contribution is 0.156. The number of aromatic nitrogens is 4. The van der Waals surface area contributed by atoms with Gasteiger partial charge in [0.15, 0.2) is 0 Å². The molecule has 3 aromatic heterocycles. The van der Waals surface area contributed by atoms with Crippen molar-refractivity contribution in [1.29, 1.82) is 0 Å².